The molecule has 0 N–H and O–H groups in total. The molecule has 6 heteroatoms. The van der Waals surface area contributed by atoms with E-state index in [1.165, 1.54) is 16.0 Å². The van der Waals surface area contributed by atoms with Crippen LogP contribution in [0.2, 0.25) is 0 Å². The Morgan fingerprint density at radius 1 is 1.16 bits per heavy atom. The summed E-state index contributed by atoms with van der Waals surface area (Å²) in [7, 11) is 1.90. The summed E-state index contributed by atoms with van der Waals surface area (Å²) in [6, 6.07) is 21.0. The normalized spacial score (nSPS) is 17.4. The van der Waals surface area contributed by atoms with Gasteiger partial charge in [0.15, 0.2) is 0 Å². The molecule has 1 aliphatic heterocycles. The monoisotopic (exact) mass is 447 g/mol. The van der Waals surface area contributed by atoms with Crippen molar-refractivity contribution in [3.8, 4) is 0 Å². The first-order valence-corrected chi connectivity index (χ1v) is 12.3. The van der Waals surface area contributed by atoms with Gasteiger partial charge in [0.2, 0.25) is 5.91 Å². The first-order chi connectivity index (χ1) is 15.1. The van der Waals surface area contributed by atoms with Crippen molar-refractivity contribution in [3.63, 3.8) is 0 Å². The second-order valence-electron chi connectivity index (χ2n) is 8.03. The highest BCUT2D eigenvalue weighted by molar-refractivity contribution is 7.18. The maximum absolute atomic E-state index is 13.3. The van der Waals surface area contributed by atoms with Gasteiger partial charge in [0.25, 0.3) is 0 Å². The Labute approximate surface area is 190 Å². The van der Waals surface area contributed by atoms with Crippen molar-refractivity contribution in [2.45, 2.75) is 25.4 Å². The second-order valence-corrected chi connectivity index (χ2v) is 10.1. The van der Waals surface area contributed by atoms with Gasteiger partial charge in [0.1, 0.15) is 5.01 Å². The zero-order valence-electron chi connectivity index (χ0n) is 17.7. The van der Waals surface area contributed by atoms with Crippen LogP contribution >= 0.6 is 22.7 Å². The van der Waals surface area contributed by atoms with Crippen LogP contribution in [-0.4, -0.2) is 40.8 Å². The molecule has 1 amide bonds. The predicted octanol–water partition coefficient (Wildman–Crippen LogP) is 5.52. The summed E-state index contributed by atoms with van der Waals surface area (Å²) in [5.74, 6) is 0.131. The molecule has 0 aliphatic carbocycles. The summed E-state index contributed by atoms with van der Waals surface area (Å²) in [4.78, 5) is 23.7. The van der Waals surface area contributed by atoms with Crippen molar-refractivity contribution in [1.29, 1.82) is 0 Å². The van der Waals surface area contributed by atoms with Crippen LogP contribution in [0.4, 0.5) is 0 Å². The molecule has 31 heavy (non-hydrogen) atoms. The number of carbonyl (C=O) groups excluding carboxylic acids is 1. The van der Waals surface area contributed by atoms with Gasteiger partial charge in [0.05, 0.1) is 28.8 Å². The van der Waals surface area contributed by atoms with Crippen molar-refractivity contribution in [3.05, 3.63) is 87.1 Å². The molecule has 0 unspecified atom stereocenters. The smallest absolute Gasteiger partial charge is 0.237 e. The third kappa shape index (κ3) is 3.91. The topological polar surface area (TPSA) is 36.4 Å². The van der Waals surface area contributed by atoms with Crippen LogP contribution < -0.4 is 0 Å². The number of likely N-dealkylation sites (N-methyl/N-ethyl adjacent to an activating group) is 1. The number of hydrogen-bond donors (Lipinski definition) is 0. The van der Waals surface area contributed by atoms with Crippen molar-refractivity contribution < 1.29 is 4.79 Å². The van der Waals surface area contributed by atoms with Gasteiger partial charge in [0, 0.05) is 18.5 Å². The fraction of sp³-hybridized carbons (Fsp3) is 0.280. The number of benzene rings is 2. The van der Waals surface area contributed by atoms with Crippen LogP contribution in [0.3, 0.4) is 0 Å². The molecule has 0 fully saturated rings. The molecule has 5 rings (SSSR count). The van der Waals surface area contributed by atoms with Crippen molar-refractivity contribution in [2.75, 3.05) is 20.1 Å². The van der Waals surface area contributed by atoms with Crippen LogP contribution in [0.5, 0.6) is 0 Å². The van der Waals surface area contributed by atoms with Gasteiger partial charge in [-0.2, -0.15) is 0 Å². The summed E-state index contributed by atoms with van der Waals surface area (Å²) >= 11 is 3.50. The van der Waals surface area contributed by atoms with Crippen LogP contribution in [-0.2, 0) is 11.2 Å². The molecular formula is C25H25N3OS2. The zero-order chi connectivity index (χ0) is 21.4. The third-order valence-corrected chi connectivity index (χ3v) is 8.36. The Hall–Kier alpha value is -2.54. The standard InChI is InChI=1S/C25H25N3OS2/c1-17(25-26-20-10-6-7-11-22(20)31-25)27(2)23(29)16-28-14-12-21-19(13-15-30-21)24(28)18-8-4-3-5-9-18/h3-11,13,15,17,24H,12,14,16H2,1-2H3/t17-,24+/m1/s1. The number of thiophene rings is 1. The zero-order valence-corrected chi connectivity index (χ0v) is 19.3. The number of hydrogen-bond acceptors (Lipinski definition) is 5. The average Bonchev–Trinajstić information content (AvgIpc) is 3.45. The van der Waals surface area contributed by atoms with E-state index in [2.05, 4.69) is 53.6 Å². The van der Waals surface area contributed by atoms with Crippen LogP contribution in [0.15, 0.2) is 66.0 Å². The number of nitrogens with zero attached hydrogens (tertiary/aromatic N) is 3. The highest BCUT2D eigenvalue weighted by Crippen LogP contribution is 2.38. The summed E-state index contributed by atoms with van der Waals surface area (Å²) < 4.78 is 1.16. The molecule has 2 aromatic heterocycles. The fourth-order valence-electron chi connectivity index (χ4n) is 4.30. The Balaban J connectivity index is 1.37. The van der Waals surface area contributed by atoms with Gasteiger partial charge >= 0.3 is 0 Å². The minimum atomic E-state index is -0.0541. The van der Waals surface area contributed by atoms with Gasteiger partial charge in [-0.05, 0) is 48.1 Å². The maximum Gasteiger partial charge on any atom is 0.237 e. The van der Waals surface area contributed by atoms with Gasteiger partial charge < -0.3 is 4.90 Å². The Kier molecular flexibility index (Phi) is 5.61. The highest BCUT2D eigenvalue weighted by Gasteiger charge is 2.32. The molecule has 0 spiro atoms. The number of rotatable bonds is 5. The average molecular weight is 448 g/mol. The minimum absolute atomic E-state index is 0.0541. The number of carbonyl (C=O) groups is 1. The molecule has 2 atom stereocenters. The molecule has 0 radical (unpaired) electrons. The van der Waals surface area contributed by atoms with Gasteiger partial charge in [-0.3, -0.25) is 9.69 Å². The van der Waals surface area contributed by atoms with E-state index < -0.39 is 0 Å². The quantitative estimate of drug-likeness (QED) is 0.404. The van der Waals surface area contributed by atoms with Crippen LogP contribution in [0.25, 0.3) is 10.2 Å². The summed E-state index contributed by atoms with van der Waals surface area (Å²) in [6.07, 6.45) is 1.00. The summed E-state index contributed by atoms with van der Waals surface area (Å²) in [5.41, 5.74) is 3.59. The van der Waals surface area contributed by atoms with Crippen molar-refractivity contribution in [1.82, 2.24) is 14.8 Å². The number of fused-ring (bicyclic) bond motifs is 2. The van der Waals surface area contributed by atoms with Crippen molar-refractivity contribution >= 4 is 38.8 Å². The van der Waals surface area contributed by atoms with E-state index in [9.17, 15) is 4.79 Å². The molecule has 0 bridgehead atoms. The first-order valence-electron chi connectivity index (χ1n) is 10.6. The van der Waals surface area contributed by atoms with Gasteiger partial charge in [-0.15, -0.1) is 22.7 Å². The van der Waals surface area contributed by atoms with E-state index in [0.29, 0.717) is 6.54 Å². The minimum Gasteiger partial charge on any atom is -0.335 e. The first kappa shape index (κ1) is 20.4. The second kappa shape index (κ2) is 8.54. The van der Waals surface area contributed by atoms with Crippen molar-refractivity contribution in [2.24, 2.45) is 0 Å². The molecule has 4 nitrogen and oxygen atoms in total. The molecule has 0 saturated carbocycles. The fourth-order valence-corrected chi connectivity index (χ4v) is 6.27. The van der Waals surface area contributed by atoms with Gasteiger partial charge in [-0.1, -0.05) is 42.5 Å². The number of aromatic nitrogens is 1. The number of thiazole rings is 1. The van der Waals surface area contributed by atoms with Crippen LogP contribution in [0, 0.1) is 0 Å². The Morgan fingerprint density at radius 3 is 2.74 bits per heavy atom. The van der Waals surface area contributed by atoms with E-state index in [-0.39, 0.29) is 18.0 Å². The van der Waals surface area contributed by atoms with Gasteiger partial charge in [-0.25, -0.2) is 4.98 Å². The molecule has 3 heterocycles. The number of amides is 1. The lowest BCUT2D eigenvalue weighted by Crippen LogP contribution is -2.43. The van der Waals surface area contributed by atoms with E-state index >= 15 is 0 Å². The largest absolute Gasteiger partial charge is 0.335 e. The highest BCUT2D eigenvalue weighted by atomic mass is 32.1. The molecule has 158 valence electrons. The molecule has 2 aromatic carbocycles. The predicted molar refractivity (Wildman–Crippen MR) is 129 cm³/mol. The van der Waals surface area contributed by atoms with Crippen LogP contribution in [0.1, 0.15) is 40.0 Å². The van der Waals surface area contributed by atoms with E-state index in [0.717, 1.165) is 28.2 Å². The summed E-state index contributed by atoms with van der Waals surface area (Å²) in [6.45, 7) is 3.36. The third-order valence-electron chi connectivity index (χ3n) is 6.16. The molecule has 0 saturated heterocycles. The number of para-hydroxylation sites is 1. The Morgan fingerprint density at radius 2 is 1.94 bits per heavy atom. The van der Waals surface area contributed by atoms with E-state index in [4.69, 9.17) is 4.98 Å². The lowest BCUT2D eigenvalue weighted by Gasteiger charge is -2.37. The summed E-state index contributed by atoms with van der Waals surface area (Å²) in [5, 5.41) is 3.16. The molecule has 1 aliphatic rings. The molecular weight excluding hydrogens is 422 g/mol. The van der Waals surface area contributed by atoms with E-state index in [1.54, 1.807) is 11.3 Å². The maximum atomic E-state index is 13.3. The molecule has 4 aromatic rings. The lowest BCUT2D eigenvalue weighted by molar-refractivity contribution is -0.133. The lowest BCUT2D eigenvalue weighted by atomic mass is 9.93. The SMILES string of the molecule is C[C@H](c1nc2ccccc2s1)N(C)C(=O)CN1CCc2sccc2[C@@H]1c1ccccc1. The Bertz CT molecular complexity index is 1170. The van der Waals surface area contributed by atoms with E-state index in [1.807, 2.05) is 47.5 Å².